The molecule has 1 N–H and O–H groups in total. The van der Waals surface area contributed by atoms with Crippen molar-refractivity contribution in [3.63, 3.8) is 0 Å². The highest BCUT2D eigenvalue weighted by molar-refractivity contribution is 7.97. The van der Waals surface area contributed by atoms with Crippen LogP contribution in [0.3, 0.4) is 0 Å². The van der Waals surface area contributed by atoms with Gasteiger partial charge in [-0.25, -0.2) is 9.48 Å². The Morgan fingerprint density at radius 3 is 2.68 bits per heavy atom. The zero-order valence-electron chi connectivity index (χ0n) is 24.3. The molecule has 1 saturated heterocycles. The number of esters is 2. The maximum atomic E-state index is 13.0. The third kappa shape index (κ3) is 10.5. The van der Waals surface area contributed by atoms with Gasteiger partial charge in [0.2, 0.25) is 6.41 Å². The summed E-state index contributed by atoms with van der Waals surface area (Å²) in [6.07, 6.45) is 14.0. The first kappa shape index (κ1) is 32.2. The molecule has 0 aliphatic carbocycles. The minimum absolute atomic E-state index is 0.190. The van der Waals surface area contributed by atoms with Crippen molar-refractivity contribution in [1.29, 1.82) is 0 Å². The third-order valence-corrected chi connectivity index (χ3v) is 7.75. The number of ether oxygens (including phenoxy) is 2. The van der Waals surface area contributed by atoms with Gasteiger partial charge in [-0.15, -0.1) is 17.4 Å². The maximum absolute atomic E-state index is 13.0. The van der Waals surface area contributed by atoms with Crippen LogP contribution in [0.4, 0.5) is 0 Å². The van der Waals surface area contributed by atoms with Crippen LogP contribution >= 0.6 is 11.8 Å². The van der Waals surface area contributed by atoms with Crippen molar-refractivity contribution in [3.05, 3.63) is 47.3 Å². The summed E-state index contributed by atoms with van der Waals surface area (Å²) < 4.78 is 13.2. The molecule has 4 atom stereocenters. The smallest absolute Gasteiger partial charge is 0.328 e. The highest BCUT2D eigenvalue weighted by Gasteiger charge is 2.43. The lowest BCUT2D eigenvalue weighted by atomic mass is 9.86. The van der Waals surface area contributed by atoms with E-state index in [1.165, 1.54) is 5.56 Å². The fourth-order valence-electron chi connectivity index (χ4n) is 4.96. The van der Waals surface area contributed by atoms with Crippen molar-refractivity contribution in [2.75, 3.05) is 6.26 Å². The maximum Gasteiger partial charge on any atom is 0.328 e. The first-order valence-corrected chi connectivity index (χ1v) is 15.7. The van der Waals surface area contributed by atoms with Gasteiger partial charge < -0.3 is 14.8 Å². The highest BCUT2D eigenvalue weighted by Crippen LogP contribution is 2.32. The Bertz CT molecular complexity index is 1160. The minimum atomic E-state index is -0.735. The van der Waals surface area contributed by atoms with Crippen LogP contribution in [0, 0.1) is 24.2 Å². The van der Waals surface area contributed by atoms with Crippen LogP contribution in [0.1, 0.15) is 75.6 Å². The Balaban J connectivity index is 1.63. The van der Waals surface area contributed by atoms with E-state index in [9.17, 15) is 14.4 Å². The molecule has 3 rings (SSSR count). The van der Waals surface area contributed by atoms with Gasteiger partial charge in [0.1, 0.15) is 18.2 Å². The van der Waals surface area contributed by atoms with Gasteiger partial charge in [0, 0.05) is 24.8 Å². The minimum Gasteiger partial charge on any atom is -0.461 e. The second kappa shape index (κ2) is 16.8. The van der Waals surface area contributed by atoms with Gasteiger partial charge >= 0.3 is 11.9 Å². The van der Waals surface area contributed by atoms with Gasteiger partial charge in [-0.1, -0.05) is 49.7 Å². The number of unbranched alkanes of at least 4 members (excludes halogenated alkanes) is 2. The summed E-state index contributed by atoms with van der Waals surface area (Å²) in [5.41, 5.74) is 3.20. The molecule has 1 aliphatic heterocycles. The number of aryl methyl sites for hydroxylation is 1. The lowest BCUT2D eigenvalue weighted by Gasteiger charge is -2.37. The number of hydrogen-bond donors (Lipinski definition) is 1. The summed E-state index contributed by atoms with van der Waals surface area (Å²) in [7, 11) is 0. The summed E-state index contributed by atoms with van der Waals surface area (Å²) >= 11 is 1.79. The Morgan fingerprint density at radius 1 is 1.27 bits per heavy atom. The second-order valence-electron chi connectivity index (χ2n) is 11.0. The largest absolute Gasteiger partial charge is 0.461 e. The van der Waals surface area contributed by atoms with Crippen molar-refractivity contribution < 1.29 is 23.9 Å². The number of amides is 1. The molecule has 1 aromatic carbocycles. The van der Waals surface area contributed by atoms with Gasteiger partial charge in [-0.3, -0.25) is 9.59 Å². The number of hydrogen-bond acceptors (Lipinski definition) is 8. The lowest BCUT2D eigenvalue weighted by Crippen LogP contribution is -2.48. The van der Waals surface area contributed by atoms with Crippen molar-refractivity contribution in [3.8, 4) is 12.3 Å². The normalized spacial score (nSPS) is 17.7. The molecule has 0 radical (unpaired) electrons. The average Bonchev–Trinajstić information content (AvgIpc) is 3.39. The van der Waals surface area contributed by atoms with Crippen LogP contribution in [0.5, 0.6) is 0 Å². The number of carbonyl (C=O) groups is 3. The average molecular weight is 583 g/mol. The van der Waals surface area contributed by atoms with E-state index in [4.69, 9.17) is 15.9 Å². The molecule has 0 saturated carbocycles. The number of thioether (sulfide) groups is 1. The Labute approximate surface area is 247 Å². The first-order valence-electron chi connectivity index (χ1n) is 14.3. The van der Waals surface area contributed by atoms with Gasteiger partial charge in [-0.2, -0.15) is 11.8 Å². The van der Waals surface area contributed by atoms with Crippen molar-refractivity contribution in [2.24, 2.45) is 11.8 Å². The molecule has 1 amide bonds. The predicted octanol–water partition coefficient (Wildman–Crippen LogP) is 4.32. The van der Waals surface area contributed by atoms with E-state index in [1.807, 2.05) is 20.0 Å². The molecule has 0 bridgehead atoms. The van der Waals surface area contributed by atoms with Gasteiger partial charge in [0.15, 0.2) is 0 Å². The molecule has 2 heterocycles. The molecule has 2 aromatic rings. The van der Waals surface area contributed by atoms with Crippen LogP contribution in [0.25, 0.3) is 0 Å². The van der Waals surface area contributed by atoms with Crippen LogP contribution < -0.4 is 5.32 Å². The number of aromatic nitrogens is 3. The molecule has 9 nitrogen and oxygen atoms in total. The number of rotatable bonds is 19. The van der Waals surface area contributed by atoms with Crippen LogP contribution in [0.15, 0.2) is 30.5 Å². The topological polar surface area (TPSA) is 112 Å². The molecule has 1 fully saturated rings. The molecular formula is C31H42N4O5S. The lowest BCUT2D eigenvalue weighted by molar-refractivity contribution is -0.190. The molecular weight excluding hydrogens is 540 g/mol. The second-order valence-corrected chi connectivity index (χ2v) is 11.9. The fraction of sp³-hybridized carbons (Fsp3) is 0.581. The number of nitrogens with zero attached hydrogens (tertiary/aromatic N) is 3. The highest BCUT2D eigenvalue weighted by atomic mass is 32.2. The molecule has 0 spiro atoms. The van der Waals surface area contributed by atoms with Crippen molar-refractivity contribution >= 4 is 30.1 Å². The van der Waals surface area contributed by atoms with E-state index in [1.54, 1.807) is 16.4 Å². The number of benzene rings is 1. The van der Waals surface area contributed by atoms with Crippen LogP contribution in [0.2, 0.25) is 0 Å². The number of nitrogens with one attached hydrogen (secondary N) is 1. The molecule has 222 valence electrons. The summed E-state index contributed by atoms with van der Waals surface area (Å²) in [6.45, 7) is 4.56. The van der Waals surface area contributed by atoms with E-state index < -0.39 is 18.1 Å². The quantitative estimate of drug-likeness (QED) is 0.113. The van der Waals surface area contributed by atoms with E-state index in [0.29, 0.717) is 51.5 Å². The standard InChI is InChI=1S/C31H42N4O5S/c1-5-6-7-8-9-27-29(40-30(27)37)17-26(39-31(38)28(32-21-36)16-22(2)3)15-14-25-19-35(34-33-25)18-23-10-12-24(13-11-23)20-41-4/h1,10-13,19,21-22,26-29H,6-9,14-18,20H2,2-4H3,(H,32,36)/t26-,27?,28-,29-/m0/s1. The van der Waals surface area contributed by atoms with Crippen LogP contribution in [-0.4, -0.2) is 57.8 Å². The first-order chi connectivity index (χ1) is 19.8. The van der Waals surface area contributed by atoms with Crippen LogP contribution in [-0.2, 0) is 42.6 Å². The van der Waals surface area contributed by atoms with E-state index >= 15 is 0 Å². The molecule has 1 aliphatic rings. The Hall–Kier alpha value is -3.32. The predicted molar refractivity (Wildman–Crippen MR) is 159 cm³/mol. The molecule has 1 aromatic heterocycles. The number of carbonyl (C=O) groups excluding carboxylic acids is 3. The monoisotopic (exact) mass is 582 g/mol. The van der Waals surface area contributed by atoms with E-state index in [2.05, 4.69) is 52.1 Å². The van der Waals surface area contributed by atoms with Gasteiger partial charge in [0.05, 0.1) is 18.2 Å². The molecule has 41 heavy (non-hydrogen) atoms. The SMILES string of the molecule is C#CCCCCC1C(=O)O[C@H]1C[C@H](CCc1cn(Cc2ccc(CSC)cc2)nn1)OC(=O)[C@H](CC(C)C)NC=O. The van der Waals surface area contributed by atoms with E-state index in [0.717, 1.165) is 29.9 Å². The molecule has 1 unspecified atom stereocenters. The van der Waals surface area contributed by atoms with Crippen molar-refractivity contribution in [1.82, 2.24) is 20.3 Å². The van der Waals surface area contributed by atoms with Gasteiger partial charge in [0.25, 0.3) is 0 Å². The zero-order chi connectivity index (χ0) is 29.6. The van der Waals surface area contributed by atoms with E-state index in [-0.39, 0.29) is 23.9 Å². The zero-order valence-corrected chi connectivity index (χ0v) is 25.1. The Morgan fingerprint density at radius 2 is 2.02 bits per heavy atom. The molecule has 10 heteroatoms. The number of terminal acetylenes is 1. The third-order valence-electron chi connectivity index (χ3n) is 7.13. The summed E-state index contributed by atoms with van der Waals surface area (Å²) in [4.78, 5) is 36.3. The summed E-state index contributed by atoms with van der Waals surface area (Å²) in [5.74, 6) is 2.87. The number of cyclic esters (lactones) is 1. The Kier molecular flexibility index (Phi) is 13.2. The summed E-state index contributed by atoms with van der Waals surface area (Å²) in [6, 6.07) is 7.73. The van der Waals surface area contributed by atoms with Gasteiger partial charge in [-0.05, 0) is 55.4 Å². The fourth-order valence-corrected chi connectivity index (χ4v) is 5.48. The van der Waals surface area contributed by atoms with Crippen molar-refractivity contribution in [2.45, 2.75) is 95.8 Å². The summed E-state index contributed by atoms with van der Waals surface area (Å²) in [5, 5.41) is 11.2.